The first-order valence-corrected chi connectivity index (χ1v) is 6.93. The van der Waals surface area contributed by atoms with Gasteiger partial charge in [-0.1, -0.05) is 20.8 Å². The van der Waals surface area contributed by atoms with Crippen molar-refractivity contribution in [3.63, 3.8) is 0 Å². The molecule has 1 aliphatic carbocycles. The Labute approximate surface area is 121 Å². The van der Waals surface area contributed by atoms with Crippen molar-refractivity contribution in [1.29, 1.82) is 0 Å². The van der Waals surface area contributed by atoms with Crippen LogP contribution < -0.4 is 10.1 Å². The van der Waals surface area contributed by atoms with Gasteiger partial charge in [0.05, 0.1) is 5.56 Å². The minimum absolute atomic E-state index is 0.0525. The van der Waals surface area contributed by atoms with E-state index in [1.807, 2.05) is 20.8 Å². The number of alkyl halides is 3. The van der Waals surface area contributed by atoms with E-state index < -0.39 is 17.6 Å². The van der Waals surface area contributed by atoms with Gasteiger partial charge < -0.3 is 10.1 Å². The van der Waals surface area contributed by atoms with Crippen LogP contribution in [0.25, 0.3) is 0 Å². The molecule has 1 aromatic rings. The van der Waals surface area contributed by atoms with Gasteiger partial charge in [-0.25, -0.2) is 4.39 Å². The zero-order valence-corrected chi connectivity index (χ0v) is 12.2. The lowest BCUT2D eigenvalue weighted by Gasteiger charge is -2.51. The van der Waals surface area contributed by atoms with Crippen LogP contribution >= 0.6 is 0 Å². The normalized spacial score (nSPS) is 24.5. The number of benzene rings is 1. The maximum absolute atomic E-state index is 13.2. The van der Waals surface area contributed by atoms with E-state index in [0.29, 0.717) is 0 Å². The van der Waals surface area contributed by atoms with Crippen LogP contribution in [0.1, 0.15) is 32.8 Å². The molecule has 0 aliphatic heterocycles. The molecule has 118 valence electrons. The molecule has 1 aliphatic rings. The Kier molecular flexibility index (Phi) is 4.19. The molecule has 1 fully saturated rings. The predicted octanol–water partition coefficient (Wildman–Crippen LogP) is 4.00. The Balaban J connectivity index is 2.12. The summed E-state index contributed by atoms with van der Waals surface area (Å²) >= 11 is 0. The van der Waals surface area contributed by atoms with E-state index in [9.17, 15) is 17.6 Å². The Bertz CT molecular complexity index is 513. The first-order chi connectivity index (χ1) is 9.66. The fourth-order valence-corrected chi connectivity index (χ4v) is 2.64. The van der Waals surface area contributed by atoms with Crippen LogP contribution in [-0.4, -0.2) is 18.7 Å². The highest BCUT2D eigenvalue weighted by atomic mass is 19.4. The third kappa shape index (κ3) is 3.15. The van der Waals surface area contributed by atoms with Crippen molar-refractivity contribution in [3.05, 3.63) is 29.6 Å². The standard InChI is InChI=1S/C15H19F4NO/c1-4-20-12-8-13(14(12,2)3)21-9-5-6-11(16)10(7-9)15(17,18)19/h5-7,12-13,20H,4,8H2,1-3H3. The summed E-state index contributed by atoms with van der Waals surface area (Å²) < 4.78 is 56.9. The third-order valence-electron chi connectivity index (χ3n) is 4.15. The topological polar surface area (TPSA) is 21.3 Å². The van der Waals surface area contributed by atoms with Gasteiger partial charge in [0.25, 0.3) is 0 Å². The van der Waals surface area contributed by atoms with Crippen LogP contribution in [0, 0.1) is 11.2 Å². The molecular weight excluding hydrogens is 286 g/mol. The van der Waals surface area contributed by atoms with Gasteiger partial charge in [0.1, 0.15) is 17.7 Å². The molecule has 2 atom stereocenters. The summed E-state index contributed by atoms with van der Waals surface area (Å²) in [5.74, 6) is -1.23. The Hall–Kier alpha value is -1.30. The maximum atomic E-state index is 13.2. The molecule has 0 amide bonds. The molecule has 2 nitrogen and oxygen atoms in total. The number of rotatable bonds is 4. The van der Waals surface area contributed by atoms with E-state index >= 15 is 0 Å². The molecule has 2 rings (SSSR count). The minimum atomic E-state index is -4.72. The van der Waals surface area contributed by atoms with Crippen molar-refractivity contribution >= 4 is 0 Å². The quantitative estimate of drug-likeness (QED) is 0.849. The number of ether oxygens (including phenoxy) is 1. The summed E-state index contributed by atoms with van der Waals surface area (Å²) in [7, 11) is 0. The van der Waals surface area contributed by atoms with Crippen molar-refractivity contribution < 1.29 is 22.3 Å². The van der Waals surface area contributed by atoms with E-state index in [-0.39, 0.29) is 23.3 Å². The van der Waals surface area contributed by atoms with E-state index in [0.717, 1.165) is 25.1 Å². The summed E-state index contributed by atoms with van der Waals surface area (Å²) in [6, 6.07) is 3.04. The summed E-state index contributed by atoms with van der Waals surface area (Å²) in [4.78, 5) is 0. The molecule has 0 spiro atoms. The van der Waals surface area contributed by atoms with E-state index in [1.54, 1.807) is 0 Å². The van der Waals surface area contributed by atoms with Crippen LogP contribution in [0.4, 0.5) is 17.6 Å². The SMILES string of the molecule is CCNC1CC(Oc2ccc(F)c(C(F)(F)F)c2)C1(C)C. The van der Waals surface area contributed by atoms with Gasteiger partial charge in [-0.05, 0) is 24.7 Å². The summed E-state index contributed by atoms with van der Waals surface area (Å²) in [5, 5.41) is 3.31. The molecule has 21 heavy (non-hydrogen) atoms. The van der Waals surface area contributed by atoms with Crippen LogP contribution in [0.2, 0.25) is 0 Å². The highest BCUT2D eigenvalue weighted by Crippen LogP contribution is 2.43. The average molecular weight is 305 g/mol. The van der Waals surface area contributed by atoms with Crippen LogP contribution in [-0.2, 0) is 6.18 Å². The van der Waals surface area contributed by atoms with Gasteiger partial charge in [-0.15, -0.1) is 0 Å². The highest BCUT2D eigenvalue weighted by molar-refractivity contribution is 5.32. The molecule has 1 N–H and O–H groups in total. The van der Waals surface area contributed by atoms with Gasteiger partial charge in [0, 0.05) is 17.9 Å². The van der Waals surface area contributed by atoms with Crippen molar-refractivity contribution in [2.75, 3.05) is 6.54 Å². The molecular formula is C15H19F4NO. The van der Waals surface area contributed by atoms with Crippen molar-refractivity contribution in [2.24, 2.45) is 5.41 Å². The zero-order chi connectivity index (χ0) is 15.8. The smallest absolute Gasteiger partial charge is 0.419 e. The van der Waals surface area contributed by atoms with Gasteiger partial charge >= 0.3 is 6.18 Å². The minimum Gasteiger partial charge on any atom is -0.490 e. The maximum Gasteiger partial charge on any atom is 0.419 e. The van der Waals surface area contributed by atoms with Crippen LogP contribution in [0.3, 0.4) is 0 Å². The highest BCUT2D eigenvalue weighted by Gasteiger charge is 2.49. The Morgan fingerprint density at radius 2 is 2.00 bits per heavy atom. The fourth-order valence-electron chi connectivity index (χ4n) is 2.64. The number of halogens is 4. The van der Waals surface area contributed by atoms with Gasteiger partial charge in [0.15, 0.2) is 0 Å². The fraction of sp³-hybridized carbons (Fsp3) is 0.600. The van der Waals surface area contributed by atoms with Crippen LogP contribution in [0.15, 0.2) is 18.2 Å². The zero-order valence-electron chi connectivity index (χ0n) is 12.2. The molecule has 1 aromatic carbocycles. The van der Waals surface area contributed by atoms with Gasteiger partial charge in [0.2, 0.25) is 0 Å². The lowest BCUT2D eigenvalue weighted by atomic mass is 9.64. The van der Waals surface area contributed by atoms with Crippen molar-refractivity contribution in [3.8, 4) is 5.75 Å². The second kappa shape index (κ2) is 5.48. The van der Waals surface area contributed by atoms with E-state index in [2.05, 4.69) is 5.32 Å². The molecule has 0 radical (unpaired) electrons. The average Bonchev–Trinajstić information content (AvgIpc) is 2.38. The molecule has 0 aromatic heterocycles. The molecule has 2 unspecified atom stereocenters. The van der Waals surface area contributed by atoms with Crippen LogP contribution in [0.5, 0.6) is 5.75 Å². The number of hydrogen-bond acceptors (Lipinski definition) is 2. The lowest BCUT2D eigenvalue weighted by Crippen LogP contribution is -2.62. The van der Waals surface area contributed by atoms with E-state index in [4.69, 9.17) is 4.74 Å². The second-order valence-corrected chi connectivity index (χ2v) is 5.91. The largest absolute Gasteiger partial charge is 0.490 e. The molecule has 6 heteroatoms. The monoisotopic (exact) mass is 305 g/mol. The molecule has 1 saturated carbocycles. The number of nitrogens with one attached hydrogen (secondary N) is 1. The van der Waals surface area contributed by atoms with Crippen molar-refractivity contribution in [1.82, 2.24) is 5.32 Å². The second-order valence-electron chi connectivity index (χ2n) is 5.91. The summed E-state index contributed by atoms with van der Waals surface area (Å²) in [6.07, 6.45) is -4.18. The van der Waals surface area contributed by atoms with Gasteiger partial charge in [-0.2, -0.15) is 13.2 Å². The van der Waals surface area contributed by atoms with Crippen molar-refractivity contribution in [2.45, 2.75) is 45.5 Å². The first-order valence-electron chi connectivity index (χ1n) is 6.93. The van der Waals surface area contributed by atoms with E-state index in [1.165, 1.54) is 6.07 Å². The third-order valence-corrected chi connectivity index (χ3v) is 4.15. The molecule has 0 heterocycles. The molecule has 0 saturated heterocycles. The summed E-state index contributed by atoms with van der Waals surface area (Å²) in [6.45, 7) is 6.83. The Morgan fingerprint density at radius 1 is 1.33 bits per heavy atom. The lowest BCUT2D eigenvalue weighted by molar-refractivity contribution is -0.140. The summed E-state index contributed by atoms with van der Waals surface area (Å²) in [5.41, 5.74) is -1.47. The first kappa shape index (κ1) is 16.1. The molecule has 0 bridgehead atoms. The number of hydrogen-bond donors (Lipinski definition) is 1. The van der Waals surface area contributed by atoms with Gasteiger partial charge in [-0.3, -0.25) is 0 Å². The Morgan fingerprint density at radius 3 is 2.52 bits per heavy atom. The predicted molar refractivity (Wildman–Crippen MR) is 71.7 cm³/mol.